The summed E-state index contributed by atoms with van der Waals surface area (Å²) >= 11 is 1.50. The van der Waals surface area contributed by atoms with Gasteiger partial charge in [0.05, 0.1) is 11.4 Å². The number of fused-ring (bicyclic) bond motifs is 1. The van der Waals surface area contributed by atoms with Crippen LogP contribution in [0.15, 0.2) is 23.1 Å². The second kappa shape index (κ2) is 11.4. The van der Waals surface area contributed by atoms with Crippen LogP contribution in [-0.4, -0.2) is 64.2 Å². The van der Waals surface area contributed by atoms with Crippen molar-refractivity contribution in [3.05, 3.63) is 18.2 Å². The van der Waals surface area contributed by atoms with Crippen molar-refractivity contribution < 1.29 is 34.4 Å². The molecule has 1 aromatic rings. The van der Waals surface area contributed by atoms with Crippen molar-refractivity contribution in [1.82, 2.24) is 5.32 Å². The molecule has 0 aliphatic carbocycles. The Hall–Kier alpha value is -2.30. The minimum Gasteiger partial charge on any atom is -0.491 e. The molecule has 0 bridgehead atoms. The van der Waals surface area contributed by atoms with Gasteiger partial charge in [-0.2, -0.15) is 0 Å². The summed E-state index contributed by atoms with van der Waals surface area (Å²) in [6.45, 7) is 4.96. The molecule has 0 aromatic heterocycles. The molecule has 0 radical (unpaired) electrons. The lowest BCUT2D eigenvalue weighted by Gasteiger charge is -2.19. The van der Waals surface area contributed by atoms with E-state index in [0.29, 0.717) is 24.1 Å². The summed E-state index contributed by atoms with van der Waals surface area (Å²) in [7, 11) is 0. The number of ether oxygens (including phenoxy) is 1. The highest BCUT2D eigenvalue weighted by Crippen LogP contribution is 2.34. The van der Waals surface area contributed by atoms with Crippen LogP contribution >= 0.6 is 11.8 Å². The first-order chi connectivity index (χ1) is 12.7. The largest absolute Gasteiger partial charge is 0.491 e. The van der Waals surface area contributed by atoms with Crippen LogP contribution in [0.3, 0.4) is 0 Å². The second-order valence-electron chi connectivity index (χ2n) is 5.79. The molecule has 5 N–H and O–H groups in total. The van der Waals surface area contributed by atoms with Gasteiger partial charge in [0, 0.05) is 17.5 Å². The van der Waals surface area contributed by atoms with Gasteiger partial charge in [-0.25, -0.2) is 9.59 Å². The van der Waals surface area contributed by atoms with Crippen molar-refractivity contribution in [2.45, 2.75) is 37.3 Å². The van der Waals surface area contributed by atoms with Crippen LogP contribution in [0.25, 0.3) is 0 Å². The summed E-state index contributed by atoms with van der Waals surface area (Å²) < 4.78 is 5.61. The molecule has 1 aromatic carbocycles. The molecule has 9 nitrogen and oxygen atoms in total. The van der Waals surface area contributed by atoms with Crippen molar-refractivity contribution in [3.8, 4) is 5.75 Å². The van der Waals surface area contributed by atoms with E-state index in [1.807, 2.05) is 12.1 Å². The number of rotatable bonds is 7. The number of aliphatic carboxylic acids is 2. The summed E-state index contributed by atoms with van der Waals surface area (Å²) in [5, 5.41) is 30.7. The SMILES string of the molecule is CCC(C)NCC(O)COc1ccc2c(c1)SCC(=O)N2.O=C(O)C(=O)O. The number of carboxylic acid groups (broad SMARTS) is 2. The minimum atomic E-state index is -1.82. The van der Waals surface area contributed by atoms with Gasteiger partial charge in [-0.15, -0.1) is 11.8 Å². The van der Waals surface area contributed by atoms with Gasteiger partial charge < -0.3 is 30.7 Å². The normalized spacial score (nSPS) is 14.7. The third-order valence-electron chi connectivity index (χ3n) is 3.53. The fraction of sp³-hybridized carbons (Fsp3) is 0.471. The number of carbonyl (C=O) groups is 3. The highest BCUT2D eigenvalue weighted by molar-refractivity contribution is 8.00. The Bertz CT molecular complexity index is 657. The topological polar surface area (TPSA) is 145 Å². The molecule has 0 spiro atoms. The first-order valence-electron chi connectivity index (χ1n) is 8.30. The van der Waals surface area contributed by atoms with Gasteiger partial charge in [0.1, 0.15) is 18.5 Å². The first kappa shape index (κ1) is 22.7. The zero-order valence-electron chi connectivity index (χ0n) is 15.1. The molecule has 1 aliphatic rings. The van der Waals surface area contributed by atoms with Crippen LogP contribution in [0.4, 0.5) is 5.69 Å². The quantitative estimate of drug-likeness (QED) is 0.423. The fourth-order valence-electron chi connectivity index (χ4n) is 1.88. The Morgan fingerprint density at radius 2 is 2.00 bits per heavy atom. The number of benzene rings is 1. The highest BCUT2D eigenvalue weighted by atomic mass is 32.2. The summed E-state index contributed by atoms with van der Waals surface area (Å²) in [4.78, 5) is 30.5. The van der Waals surface area contributed by atoms with Gasteiger partial charge in [-0.1, -0.05) is 6.92 Å². The van der Waals surface area contributed by atoms with Crippen molar-refractivity contribution in [2.24, 2.45) is 0 Å². The number of hydrogen-bond acceptors (Lipinski definition) is 7. The van der Waals surface area contributed by atoms with Crippen LogP contribution < -0.4 is 15.4 Å². The van der Waals surface area contributed by atoms with E-state index in [1.54, 1.807) is 6.07 Å². The van der Waals surface area contributed by atoms with Gasteiger partial charge in [-0.3, -0.25) is 4.79 Å². The van der Waals surface area contributed by atoms with E-state index in [4.69, 9.17) is 24.5 Å². The molecule has 0 fully saturated rings. The lowest BCUT2D eigenvalue weighted by molar-refractivity contribution is -0.159. The molecule has 2 atom stereocenters. The molecule has 0 saturated carbocycles. The summed E-state index contributed by atoms with van der Waals surface area (Å²) in [5.41, 5.74) is 0.822. The molecule has 2 rings (SSSR count). The van der Waals surface area contributed by atoms with Crippen molar-refractivity contribution >= 4 is 35.3 Å². The first-order valence-corrected chi connectivity index (χ1v) is 9.28. The highest BCUT2D eigenvalue weighted by Gasteiger charge is 2.16. The van der Waals surface area contributed by atoms with Gasteiger partial charge in [0.15, 0.2) is 0 Å². The number of carboxylic acids is 2. The van der Waals surface area contributed by atoms with Crippen molar-refractivity contribution in [3.63, 3.8) is 0 Å². The van der Waals surface area contributed by atoms with Crippen LogP contribution in [0.1, 0.15) is 20.3 Å². The number of carbonyl (C=O) groups excluding carboxylic acids is 1. The standard InChI is InChI=1S/C15H22N2O3S.C2H2O4/c1-3-10(2)16-7-11(18)8-20-12-4-5-13-14(6-12)21-9-15(19)17-13;3-1(4)2(5)6/h4-6,10-11,16,18H,3,7-9H2,1-2H3,(H,17,19);(H,3,4)(H,5,6). The number of anilines is 1. The Morgan fingerprint density at radius 1 is 1.33 bits per heavy atom. The fourth-order valence-corrected chi connectivity index (χ4v) is 2.71. The molecule has 1 aliphatic heterocycles. The van der Waals surface area contributed by atoms with Gasteiger partial charge in [0.2, 0.25) is 5.91 Å². The maximum absolute atomic E-state index is 11.3. The number of amides is 1. The van der Waals surface area contributed by atoms with Crippen LogP contribution in [-0.2, 0) is 14.4 Å². The molecule has 0 saturated heterocycles. The third-order valence-corrected chi connectivity index (χ3v) is 4.58. The number of hydrogen-bond donors (Lipinski definition) is 5. The molecule has 27 heavy (non-hydrogen) atoms. The monoisotopic (exact) mass is 400 g/mol. The Morgan fingerprint density at radius 3 is 2.59 bits per heavy atom. The van der Waals surface area contributed by atoms with Gasteiger partial charge >= 0.3 is 11.9 Å². The summed E-state index contributed by atoms with van der Waals surface area (Å²) in [6.07, 6.45) is 0.490. The lowest BCUT2D eigenvalue weighted by atomic mass is 10.2. The van der Waals surface area contributed by atoms with Crippen molar-refractivity contribution in [2.75, 3.05) is 24.2 Å². The smallest absolute Gasteiger partial charge is 0.414 e. The van der Waals surface area contributed by atoms with E-state index in [-0.39, 0.29) is 12.5 Å². The maximum Gasteiger partial charge on any atom is 0.414 e. The lowest BCUT2D eigenvalue weighted by Crippen LogP contribution is -2.36. The van der Waals surface area contributed by atoms with E-state index < -0.39 is 18.0 Å². The Kier molecular flexibility index (Phi) is 9.62. The van der Waals surface area contributed by atoms with E-state index in [9.17, 15) is 9.90 Å². The van der Waals surface area contributed by atoms with Gasteiger partial charge in [-0.05, 0) is 31.5 Å². The number of aliphatic hydroxyl groups is 1. The van der Waals surface area contributed by atoms with Crippen LogP contribution in [0, 0.1) is 0 Å². The molecule has 1 heterocycles. The van der Waals surface area contributed by atoms with Crippen LogP contribution in [0.5, 0.6) is 5.75 Å². The van der Waals surface area contributed by atoms with E-state index in [0.717, 1.165) is 17.0 Å². The summed E-state index contributed by atoms with van der Waals surface area (Å²) in [5.74, 6) is -2.49. The van der Waals surface area contributed by atoms with Gasteiger partial charge in [0.25, 0.3) is 0 Å². The molecular weight excluding hydrogens is 376 g/mol. The predicted octanol–water partition coefficient (Wildman–Crippen LogP) is 1.01. The number of aliphatic hydroxyl groups excluding tert-OH is 1. The zero-order valence-corrected chi connectivity index (χ0v) is 15.9. The Balaban J connectivity index is 0.000000527. The van der Waals surface area contributed by atoms with Crippen molar-refractivity contribution in [1.29, 1.82) is 0 Å². The Labute approximate surface area is 161 Å². The average Bonchev–Trinajstić information content (AvgIpc) is 2.64. The minimum absolute atomic E-state index is 0.0210. The third kappa shape index (κ3) is 8.76. The second-order valence-corrected chi connectivity index (χ2v) is 6.80. The van der Waals surface area contributed by atoms with E-state index in [2.05, 4.69) is 24.5 Å². The molecule has 10 heteroatoms. The van der Waals surface area contributed by atoms with Crippen LogP contribution in [0.2, 0.25) is 0 Å². The number of nitrogens with one attached hydrogen (secondary N) is 2. The summed E-state index contributed by atoms with van der Waals surface area (Å²) in [6, 6.07) is 5.93. The molecule has 150 valence electrons. The average molecular weight is 400 g/mol. The van der Waals surface area contributed by atoms with E-state index in [1.165, 1.54) is 11.8 Å². The zero-order chi connectivity index (χ0) is 20.4. The number of thioether (sulfide) groups is 1. The molecule has 2 unspecified atom stereocenters. The van der Waals surface area contributed by atoms with E-state index >= 15 is 0 Å². The predicted molar refractivity (Wildman–Crippen MR) is 100 cm³/mol. The molecule has 1 amide bonds. The molecular formula is C17H24N2O7S. The maximum atomic E-state index is 11.3.